The standard InChI is InChI=1S/C18H23ClN2O/c1-14-12-16(4-5-18(14)22-3)17(19)13-21(2)11-8-15-6-9-20-10-7-15/h4-7,9-10,12,17H,8,11,13H2,1-3H3. The number of hydrogen-bond acceptors (Lipinski definition) is 3. The fraction of sp³-hybridized carbons (Fsp3) is 0.389. The van der Waals surface area contributed by atoms with E-state index in [9.17, 15) is 0 Å². The number of pyridine rings is 1. The number of ether oxygens (including phenoxy) is 1. The van der Waals surface area contributed by atoms with Crippen molar-refractivity contribution < 1.29 is 4.74 Å². The molecule has 2 rings (SSSR count). The molecule has 1 aromatic heterocycles. The Kier molecular flexibility index (Phi) is 6.22. The first-order valence-electron chi connectivity index (χ1n) is 7.46. The highest BCUT2D eigenvalue weighted by Gasteiger charge is 2.12. The first kappa shape index (κ1) is 16.8. The summed E-state index contributed by atoms with van der Waals surface area (Å²) in [5, 5.41) is -0.0213. The lowest BCUT2D eigenvalue weighted by Crippen LogP contribution is -2.25. The van der Waals surface area contributed by atoms with Gasteiger partial charge in [0.15, 0.2) is 0 Å². The SMILES string of the molecule is COc1ccc(C(Cl)CN(C)CCc2ccncc2)cc1C. The Hall–Kier alpha value is -1.58. The summed E-state index contributed by atoms with van der Waals surface area (Å²) in [4.78, 5) is 6.30. The summed E-state index contributed by atoms with van der Waals surface area (Å²) in [6, 6.07) is 10.2. The van der Waals surface area contributed by atoms with Crippen LogP contribution in [0.5, 0.6) is 5.75 Å². The topological polar surface area (TPSA) is 25.4 Å². The van der Waals surface area contributed by atoms with Crippen LogP contribution in [0.2, 0.25) is 0 Å². The third-order valence-corrected chi connectivity index (χ3v) is 4.17. The number of aryl methyl sites for hydroxylation is 1. The molecule has 0 aliphatic rings. The van der Waals surface area contributed by atoms with Gasteiger partial charge in [0, 0.05) is 25.5 Å². The van der Waals surface area contributed by atoms with E-state index in [1.54, 1.807) is 7.11 Å². The number of rotatable bonds is 7. The lowest BCUT2D eigenvalue weighted by Gasteiger charge is -2.21. The van der Waals surface area contributed by atoms with Gasteiger partial charge < -0.3 is 9.64 Å². The van der Waals surface area contributed by atoms with Crippen LogP contribution in [0.15, 0.2) is 42.7 Å². The molecular formula is C18H23ClN2O. The highest BCUT2D eigenvalue weighted by atomic mass is 35.5. The first-order valence-corrected chi connectivity index (χ1v) is 7.90. The Morgan fingerprint density at radius 1 is 1.23 bits per heavy atom. The zero-order valence-corrected chi connectivity index (χ0v) is 14.2. The zero-order valence-electron chi connectivity index (χ0n) is 13.4. The molecule has 1 heterocycles. The van der Waals surface area contributed by atoms with Crippen molar-refractivity contribution in [1.82, 2.24) is 9.88 Å². The number of hydrogen-bond donors (Lipinski definition) is 0. The third kappa shape index (κ3) is 4.72. The maximum atomic E-state index is 6.56. The van der Waals surface area contributed by atoms with Gasteiger partial charge in [-0.25, -0.2) is 0 Å². The minimum absolute atomic E-state index is 0.0213. The molecule has 0 spiro atoms. The van der Waals surface area contributed by atoms with Gasteiger partial charge >= 0.3 is 0 Å². The Balaban J connectivity index is 1.88. The predicted octanol–water partition coefficient (Wildman–Crippen LogP) is 3.85. The van der Waals surface area contributed by atoms with Crippen molar-refractivity contribution in [3.05, 3.63) is 59.4 Å². The molecule has 22 heavy (non-hydrogen) atoms. The fourth-order valence-corrected chi connectivity index (χ4v) is 2.81. The molecule has 0 N–H and O–H groups in total. The molecule has 1 aromatic carbocycles. The van der Waals surface area contributed by atoms with Gasteiger partial charge in [0.25, 0.3) is 0 Å². The molecule has 0 aliphatic heterocycles. The molecule has 0 saturated heterocycles. The van der Waals surface area contributed by atoms with Gasteiger partial charge in [0.1, 0.15) is 5.75 Å². The lowest BCUT2D eigenvalue weighted by atomic mass is 10.1. The van der Waals surface area contributed by atoms with E-state index >= 15 is 0 Å². The third-order valence-electron chi connectivity index (χ3n) is 3.78. The summed E-state index contributed by atoms with van der Waals surface area (Å²) >= 11 is 6.56. The van der Waals surface area contributed by atoms with Gasteiger partial charge in [-0.2, -0.15) is 0 Å². The number of alkyl halides is 1. The predicted molar refractivity (Wildman–Crippen MR) is 91.8 cm³/mol. The molecule has 0 fully saturated rings. The number of benzene rings is 1. The van der Waals surface area contributed by atoms with Crippen LogP contribution in [-0.4, -0.2) is 37.1 Å². The Morgan fingerprint density at radius 3 is 2.59 bits per heavy atom. The molecular weight excluding hydrogens is 296 g/mol. The summed E-state index contributed by atoms with van der Waals surface area (Å²) in [5.74, 6) is 0.902. The van der Waals surface area contributed by atoms with Crippen LogP contribution in [0.3, 0.4) is 0 Å². The van der Waals surface area contributed by atoms with E-state index in [-0.39, 0.29) is 5.38 Å². The van der Waals surface area contributed by atoms with E-state index in [0.29, 0.717) is 0 Å². The maximum absolute atomic E-state index is 6.56. The normalized spacial score (nSPS) is 12.4. The van der Waals surface area contributed by atoms with Crippen molar-refractivity contribution in [1.29, 1.82) is 0 Å². The highest BCUT2D eigenvalue weighted by Crippen LogP contribution is 2.26. The van der Waals surface area contributed by atoms with E-state index in [4.69, 9.17) is 16.3 Å². The summed E-state index contributed by atoms with van der Waals surface area (Å²) in [6.07, 6.45) is 4.67. The van der Waals surface area contributed by atoms with Crippen LogP contribution in [0.1, 0.15) is 22.1 Å². The molecule has 0 aliphatic carbocycles. The number of halogens is 1. The maximum Gasteiger partial charge on any atom is 0.121 e. The molecule has 2 aromatic rings. The van der Waals surface area contributed by atoms with Crippen molar-refractivity contribution >= 4 is 11.6 Å². The van der Waals surface area contributed by atoms with Crippen molar-refractivity contribution in [3.63, 3.8) is 0 Å². The molecule has 1 unspecified atom stereocenters. The Morgan fingerprint density at radius 2 is 1.95 bits per heavy atom. The second-order valence-electron chi connectivity index (χ2n) is 5.56. The van der Waals surface area contributed by atoms with Gasteiger partial charge in [-0.3, -0.25) is 4.98 Å². The average Bonchev–Trinajstić information content (AvgIpc) is 2.53. The first-order chi connectivity index (χ1) is 10.6. The highest BCUT2D eigenvalue weighted by molar-refractivity contribution is 6.21. The van der Waals surface area contributed by atoms with E-state index in [2.05, 4.69) is 35.1 Å². The molecule has 0 saturated carbocycles. The Bertz CT molecular complexity index is 589. The van der Waals surface area contributed by atoms with Crippen molar-refractivity contribution in [2.24, 2.45) is 0 Å². The number of aromatic nitrogens is 1. The summed E-state index contributed by atoms with van der Waals surface area (Å²) in [5.41, 5.74) is 3.55. The van der Waals surface area contributed by atoms with Gasteiger partial charge in [-0.05, 0) is 55.3 Å². The largest absolute Gasteiger partial charge is 0.496 e. The molecule has 4 heteroatoms. The van der Waals surface area contributed by atoms with Crippen LogP contribution >= 0.6 is 11.6 Å². The average molecular weight is 319 g/mol. The van der Waals surface area contributed by atoms with Crippen LogP contribution in [-0.2, 0) is 6.42 Å². The second kappa shape index (κ2) is 8.16. The van der Waals surface area contributed by atoms with Crippen LogP contribution in [0.4, 0.5) is 0 Å². The van der Waals surface area contributed by atoms with Crippen molar-refractivity contribution in [3.8, 4) is 5.75 Å². The van der Waals surface area contributed by atoms with Crippen LogP contribution in [0, 0.1) is 6.92 Å². The molecule has 118 valence electrons. The van der Waals surface area contributed by atoms with Crippen LogP contribution in [0.25, 0.3) is 0 Å². The minimum atomic E-state index is -0.0213. The smallest absolute Gasteiger partial charge is 0.121 e. The minimum Gasteiger partial charge on any atom is -0.496 e. The van der Waals surface area contributed by atoms with Gasteiger partial charge in [-0.1, -0.05) is 12.1 Å². The van der Waals surface area contributed by atoms with E-state index < -0.39 is 0 Å². The van der Waals surface area contributed by atoms with E-state index in [1.165, 1.54) is 5.56 Å². The van der Waals surface area contributed by atoms with Gasteiger partial charge in [-0.15, -0.1) is 11.6 Å². The van der Waals surface area contributed by atoms with Gasteiger partial charge in [0.2, 0.25) is 0 Å². The molecule has 0 bridgehead atoms. The molecule has 3 nitrogen and oxygen atoms in total. The summed E-state index contributed by atoms with van der Waals surface area (Å²) < 4.78 is 5.29. The Labute approximate surface area is 137 Å². The second-order valence-corrected chi connectivity index (χ2v) is 6.09. The van der Waals surface area contributed by atoms with Crippen molar-refractivity contribution in [2.75, 3.05) is 27.2 Å². The van der Waals surface area contributed by atoms with Crippen molar-refractivity contribution in [2.45, 2.75) is 18.7 Å². The number of likely N-dealkylation sites (N-methyl/N-ethyl adjacent to an activating group) is 1. The lowest BCUT2D eigenvalue weighted by molar-refractivity contribution is 0.338. The summed E-state index contributed by atoms with van der Waals surface area (Å²) in [6.45, 7) is 3.83. The quantitative estimate of drug-likeness (QED) is 0.725. The zero-order chi connectivity index (χ0) is 15.9. The summed E-state index contributed by atoms with van der Waals surface area (Å²) in [7, 11) is 3.79. The van der Waals surface area contributed by atoms with E-state index in [0.717, 1.165) is 36.4 Å². The molecule has 1 atom stereocenters. The van der Waals surface area contributed by atoms with Gasteiger partial charge in [0.05, 0.1) is 12.5 Å². The molecule has 0 radical (unpaired) electrons. The number of methoxy groups -OCH3 is 1. The van der Waals surface area contributed by atoms with E-state index in [1.807, 2.05) is 31.5 Å². The number of nitrogens with zero attached hydrogens (tertiary/aromatic N) is 2. The molecule has 0 amide bonds. The fourth-order valence-electron chi connectivity index (χ4n) is 2.44. The monoisotopic (exact) mass is 318 g/mol. The van der Waals surface area contributed by atoms with Crippen LogP contribution < -0.4 is 4.74 Å².